The Morgan fingerprint density at radius 2 is 1.48 bits per heavy atom. The SMILES string of the molecule is CC(Oc1ccc(C=O)cc1)c1ccc(OCc2ccccc2)cc1. The molecule has 0 aliphatic carbocycles. The lowest BCUT2D eigenvalue weighted by Gasteiger charge is -2.16. The molecule has 0 heterocycles. The van der Waals surface area contributed by atoms with E-state index in [0.717, 1.165) is 28.9 Å². The van der Waals surface area contributed by atoms with Crippen LogP contribution in [0.2, 0.25) is 0 Å². The second kappa shape index (κ2) is 8.15. The van der Waals surface area contributed by atoms with E-state index in [9.17, 15) is 4.79 Å². The van der Waals surface area contributed by atoms with E-state index in [1.165, 1.54) is 0 Å². The summed E-state index contributed by atoms with van der Waals surface area (Å²) in [4.78, 5) is 10.7. The minimum absolute atomic E-state index is 0.0924. The van der Waals surface area contributed by atoms with Gasteiger partial charge >= 0.3 is 0 Å². The van der Waals surface area contributed by atoms with E-state index in [-0.39, 0.29) is 6.10 Å². The van der Waals surface area contributed by atoms with Crippen molar-refractivity contribution in [2.24, 2.45) is 0 Å². The Morgan fingerprint density at radius 3 is 2.12 bits per heavy atom. The molecule has 1 unspecified atom stereocenters. The third kappa shape index (κ3) is 4.70. The topological polar surface area (TPSA) is 35.5 Å². The number of ether oxygens (including phenoxy) is 2. The Labute approximate surface area is 147 Å². The van der Waals surface area contributed by atoms with Crippen LogP contribution in [-0.4, -0.2) is 6.29 Å². The van der Waals surface area contributed by atoms with Gasteiger partial charge in [-0.3, -0.25) is 4.79 Å². The van der Waals surface area contributed by atoms with Gasteiger partial charge in [0.1, 0.15) is 30.5 Å². The highest BCUT2D eigenvalue weighted by molar-refractivity contribution is 5.74. The first-order valence-electron chi connectivity index (χ1n) is 8.23. The van der Waals surface area contributed by atoms with E-state index in [1.807, 2.05) is 61.5 Å². The molecule has 3 nitrogen and oxygen atoms in total. The van der Waals surface area contributed by atoms with Crippen molar-refractivity contribution in [3.63, 3.8) is 0 Å². The first-order chi connectivity index (χ1) is 12.2. The Bertz CT molecular complexity index is 793. The fraction of sp³-hybridized carbons (Fsp3) is 0.136. The zero-order valence-electron chi connectivity index (χ0n) is 14.1. The highest BCUT2D eigenvalue weighted by Gasteiger charge is 2.08. The van der Waals surface area contributed by atoms with Crippen LogP contribution in [0, 0.1) is 0 Å². The highest BCUT2D eigenvalue weighted by Crippen LogP contribution is 2.24. The molecule has 0 amide bonds. The Hall–Kier alpha value is -3.07. The quantitative estimate of drug-likeness (QED) is 0.557. The van der Waals surface area contributed by atoms with E-state index >= 15 is 0 Å². The summed E-state index contributed by atoms with van der Waals surface area (Å²) >= 11 is 0. The maximum Gasteiger partial charge on any atom is 0.150 e. The van der Waals surface area contributed by atoms with Crippen molar-refractivity contribution in [2.45, 2.75) is 19.6 Å². The molecule has 0 aliphatic heterocycles. The van der Waals surface area contributed by atoms with Crippen LogP contribution in [0.25, 0.3) is 0 Å². The van der Waals surface area contributed by atoms with Gasteiger partial charge in [-0.05, 0) is 54.4 Å². The van der Waals surface area contributed by atoms with Gasteiger partial charge in [-0.25, -0.2) is 0 Å². The Balaban J connectivity index is 1.58. The van der Waals surface area contributed by atoms with Crippen LogP contribution >= 0.6 is 0 Å². The van der Waals surface area contributed by atoms with Crippen LogP contribution in [0.3, 0.4) is 0 Å². The minimum atomic E-state index is -0.0924. The van der Waals surface area contributed by atoms with Gasteiger partial charge in [-0.2, -0.15) is 0 Å². The van der Waals surface area contributed by atoms with Gasteiger partial charge < -0.3 is 9.47 Å². The van der Waals surface area contributed by atoms with Crippen LogP contribution < -0.4 is 9.47 Å². The summed E-state index contributed by atoms with van der Waals surface area (Å²) in [5, 5.41) is 0. The van der Waals surface area contributed by atoms with E-state index in [2.05, 4.69) is 0 Å². The highest BCUT2D eigenvalue weighted by atomic mass is 16.5. The third-order valence-corrected chi connectivity index (χ3v) is 3.93. The molecule has 1 atom stereocenters. The molecule has 0 radical (unpaired) electrons. The molecule has 0 fully saturated rings. The van der Waals surface area contributed by atoms with Crippen LogP contribution in [0.4, 0.5) is 0 Å². The summed E-state index contributed by atoms with van der Waals surface area (Å²) in [5.41, 5.74) is 2.84. The summed E-state index contributed by atoms with van der Waals surface area (Å²) < 4.78 is 11.7. The predicted molar refractivity (Wildman–Crippen MR) is 98.1 cm³/mol. The summed E-state index contributed by atoms with van der Waals surface area (Å²) in [5.74, 6) is 1.57. The predicted octanol–water partition coefficient (Wildman–Crippen LogP) is 5.22. The molecule has 0 N–H and O–H groups in total. The van der Waals surface area contributed by atoms with Crippen molar-refractivity contribution in [3.05, 3.63) is 95.6 Å². The molecule has 25 heavy (non-hydrogen) atoms. The molecule has 3 aromatic rings. The fourth-order valence-corrected chi connectivity index (χ4v) is 2.47. The van der Waals surface area contributed by atoms with Crippen molar-refractivity contribution in [1.82, 2.24) is 0 Å². The van der Waals surface area contributed by atoms with E-state index < -0.39 is 0 Å². The van der Waals surface area contributed by atoms with Crippen molar-refractivity contribution < 1.29 is 14.3 Å². The molecular weight excluding hydrogens is 312 g/mol. The lowest BCUT2D eigenvalue weighted by molar-refractivity contribution is 0.112. The number of benzene rings is 3. The molecular formula is C22H20O3. The standard InChI is InChI=1S/C22H20O3/c1-17(25-22-11-7-18(15-23)8-12-22)20-9-13-21(14-10-20)24-16-19-5-3-2-4-6-19/h2-15,17H,16H2,1H3. The maximum absolute atomic E-state index is 10.7. The molecule has 0 saturated heterocycles. The summed E-state index contributed by atoms with van der Waals surface area (Å²) in [7, 11) is 0. The molecule has 3 aromatic carbocycles. The first-order valence-corrected chi connectivity index (χ1v) is 8.23. The largest absolute Gasteiger partial charge is 0.489 e. The number of carbonyl (C=O) groups is 1. The zero-order chi connectivity index (χ0) is 17.5. The van der Waals surface area contributed by atoms with Crippen LogP contribution in [-0.2, 0) is 6.61 Å². The van der Waals surface area contributed by atoms with E-state index in [0.29, 0.717) is 12.2 Å². The Kier molecular flexibility index (Phi) is 5.47. The van der Waals surface area contributed by atoms with Crippen molar-refractivity contribution in [3.8, 4) is 11.5 Å². The third-order valence-electron chi connectivity index (χ3n) is 3.93. The molecule has 0 aliphatic rings. The average Bonchev–Trinajstić information content (AvgIpc) is 2.68. The van der Waals surface area contributed by atoms with Crippen molar-refractivity contribution >= 4 is 6.29 Å². The smallest absolute Gasteiger partial charge is 0.150 e. The number of hydrogen-bond donors (Lipinski definition) is 0. The molecule has 0 saturated carbocycles. The molecule has 0 spiro atoms. The number of aldehydes is 1. The lowest BCUT2D eigenvalue weighted by atomic mass is 10.1. The van der Waals surface area contributed by atoms with Gasteiger partial charge in [0.2, 0.25) is 0 Å². The number of rotatable bonds is 7. The average molecular weight is 332 g/mol. The van der Waals surface area contributed by atoms with Crippen molar-refractivity contribution in [2.75, 3.05) is 0 Å². The zero-order valence-corrected chi connectivity index (χ0v) is 14.1. The van der Waals surface area contributed by atoms with Gasteiger partial charge in [0, 0.05) is 5.56 Å². The summed E-state index contributed by atoms with van der Waals surface area (Å²) in [6.07, 6.45) is 0.728. The normalized spacial score (nSPS) is 11.6. The van der Waals surface area contributed by atoms with Gasteiger partial charge in [0.25, 0.3) is 0 Å². The number of carbonyl (C=O) groups excluding carboxylic acids is 1. The Morgan fingerprint density at radius 1 is 0.840 bits per heavy atom. The van der Waals surface area contributed by atoms with E-state index in [4.69, 9.17) is 9.47 Å². The molecule has 126 valence electrons. The second-order valence-corrected chi connectivity index (χ2v) is 5.79. The number of hydrogen-bond acceptors (Lipinski definition) is 3. The maximum atomic E-state index is 10.7. The summed E-state index contributed by atoms with van der Waals surface area (Å²) in [6, 6.07) is 25.1. The molecule has 0 bridgehead atoms. The van der Waals surface area contributed by atoms with Crippen LogP contribution in [0.5, 0.6) is 11.5 Å². The molecule has 3 heteroatoms. The monoisotopic (exact) mass is 332 g/mol. The molecule has 3 rings (SSSR count). The summed E-state index contributed by atoms with van der Waals surface area (Å²) in [6.45, 7) is 2.54. The van der Waals surface area contributed by atoms with Gasteiger partial charge in [0.05, 0.1) is 0 Å². The van der Waals surface area contributed by atoms with Gasteiger partial charge in [-0.15, -0.1) is 0 Å². The van der Waals surface area contributed by atoms with E-state index in [1.54, 1.807) is 24.3 Å². The lowest BCUT2D eigenvalue weighted by Crippen LogP contribution is -2.03. The van der Waals surface area contributed by atoms with Gasteiger partial charge in [-0.1, -0.05) is 42.5 Å². The van der Waals surface area contributed by atoms with Gasteiger partial charge in [0.15, 0.2) is 0 Å². The first kappa shape index (κ1) is 16.8. The molecule has 0 aromatic heterocycles. The fourth-order valence-electron chi connectivity index (χ4n) is 2.47. The van der Waals surface area contributed by atoms with Crippen molar-refractivity contribution in [1.29, 1.82) is 0 Å². The minimum Gasteiger partial charge on any atom is -0.489 e. The second-order valence-electron chi connectivity index (χ2n) is 5.79. The van der Waals surface area contributed by atoms with Crippen LogP contribution in [0.15, 0.2) is 78.9 Å². The van der Waals surface area contributed by atoms with Crippen LogP contribution in [0.1, 0.15) is 34.5 Å².